The highest BCUT2D eigenvalue weighted by Gasteiger charge is 2.40. The monoisotopic (exact) mass is 223 g/mol. The fourth-order valence-corrected chi connectivity index (χ4v) is 2.36. The van der Waals surface area contributed by atoms with E-state index in [0.29, 0.717) is 30.3 Å². The number of fused-ring (bicyclic) bond motifs is 1. The van der Waals surface area contributed by atoms with Crippen molar-refractivity contribution in [1.29, 1.82) is 0 Å². The third-order valence-corrected chi connectivity index (χ3v) is 3.40. The normalized spacial score (nSPS) is 21.4. The van der Waals surface area contributed by atoms with Crippen LogP contribution < -0.4 is 15.2 Å². The van der Waals surface area contributed by atoms with Gasteiger partial charge < -0.3 is 15.2 Å². The molecule has 3 nitrogen and oxygen atoms in total. The third kappa shape index (κ3) is 1.29. The second-order valence-corrected chi connectivity index (χ2v) is 4.46. The summed E-state index contributed by atoms with van der Waals surface area (Å²) < 4.78 is 24.8. The summed E-state index contributed by atoms with van der Waals surface area (Å²) in [5, 5.41) is 0. The van der Waals surface area contributed by atoms with Crippen molar-refractivity contribution in [3.8, 4) is 11.5 Å². The summed E-state index contributed by atoms with van der Waals surface area (Å²) in [4.78, 5) is 0. The van der Waals surface area contributed by atoms with E-state index < -0.39 is 5.54 Å². The van der Waals surface area contributed by atoms with Crippen LogP contribution in [-0.2, 0) is 5.54 Å². The first-order chi connectivity index (χ1) is 7.71. The fourth-order valence-electron chi connectivity index (χ4n) is 2.36. The minimum Gasteiger partial charge on any atom is -0.486 e. The number of halogens is 1. The zero-order valence-electron chi connectivity index (χ0n) is 8.96. The second kappa shape index (κ2) is 3.35. The van der Waals surface area contributed by atoms with Gasteiger partial charge >= 0.3 is 0 Å². The molecule has 0 atom stereocenters. The molecule has 1 aliphatic heterocycles. The molecule has 2 N–H and O–H groups in total. The van der Waals surface area contributed by atoms with E-state index in [1.807, 2.05) is 0 Å². The molecular formula is C12H14FNO2. The van der Waals surface area contributed by atoms with Crippen molar-refractivity contribution >= 4 is 0 Å². The molecule has 1 heterocycles. The van der Waals surface area contributed by atoms with Crippen LogP contribution in [0, 0.1) is 5.82 Å². The first-order valence-corrected chi connectivity index (χ1v) is 5.58. The minimum absolute atomic E-state index is 0.286. The largest absolute Gasteiger partial charge is 0.486 e. The zero-order chi connectivity index (χ0) is 11.2. The van der Waals surface area contributed by atoms with Gasteiger partial charge in [0.05, 0.1) is 5.56 Å². The van der Waals surface area contributed by atoms with Crippen LogP contribution >= 0.6 is 0 Å². The molecule has 0 spiro atoms. The van der Waals surface area contributed by atoms with Crippen LogP contribution in [0.15, 0.2) is 12.1 Å². The quantitative estimate of drug-likeness (QED) is 0.791. The van der Waals surface area contributed by atoms with Crippen LogP contribution in [0.2, 0.25) is 0 Å². The van der Waals surface area contributed by atoms with E-state index in [1.165, 1.54) is 6.07 Å². The molecule has 0 aromatic heterocycles. The van der Waals surface area contributed by atoms with Gasteiger partial charge in [0.25, 0.3) is 0 Å². The van der Waals surface area contributed by atoms with Gasteiger partial charge in [0.15, 0.2) is 11.5 Å². The highest BCUT2D eigenvalue weighted by atomic mass is 19.1. The zero-order valence-corrected chi connectivity index (χ0v) is 8.96. The maximum Gasteiger partial charge on any atom is 0.169 e. The minimum atomic E-state index is -0.559. The van der Waals surface area contributed by atoms with Crippen molar-refractivity contribution in [2.24, 2.45) is 5.73 Å². The molecule has 1 fully saturated rings. The van der Waals surface area contributed by atoms with E-state index in [4.69, 9.17) is 15.2 Å². The Bertz CT molecular complexity index is 429. The molecule has 86 valence electrons. The lowest BCUT2D eigenvalue weighted by Gasteiger charge is -2.40. The van der Waals surface area contributed by atoms with Gasteiger partial charge in [-0.2, -0.15) is 0 Å². The Labute approximate surface area is 93.3 Å². The Morgan fingerprint density at radius 3 is 2.62 bits per heavy atom. The summed E-state index contributed by atoms with van der Waals surface area (Å²) in [5.74, 6) is 0.833. The maximum atomic E-state index is 13.9. The Balaban J connectivity index is 2.14. The molecular weight excluding hydrogens is 209 g/mol. The molecule has 4 heteroatoms. The number of ether oxygens (including phenoxy) is 2. The molecule has 2 aliphatic rings. The molecule has 1 aromatic carbocycles. The van der Waals surface area contributed by atoms with E-state index in [2.05, 4.69) is 0 Å². The van der Waals surface area contributed by atoms with Crippen molar-refractivity contribution in [2.75, 3.05) is 13.2 Å². The summed E-state index contributed by atoms with van der Waals surface area (Å²) in [7, 11) is 0. The standard InChI is InChI=1S/C12H14FNO2/c13-8-2-3-9-11(16-7-6-15-9)10(8)12(14)4-1-5-12/h2-3H,1,4-7,14H2. The average molecular weight is 223 g/mol. The number of rotatable bonds is 1. The molecule has 16 heavy (non-hydrogen) atoms. The molecule has 0 bridgehead atoms. The van der Waals surface area contributed by atoms with Gasteiger partial charge in [0, 0.05) is 5.54 Å². The van der Waals surface area contributed by atoms with Crippen molar-refractivity contribution in [3.05, 3.63) is 23.5 Å². The van der Waals surface area contributed by atoms with Crippen LogP contribution in [0.3, 0.4) is 0 Å². The first-order valence-electron chi connectivity index (χ1n) is 5.58. The molecule has 0 saturated heterocycles. The van der Waals surface area contributed by atoms with Crippen molar-refractivity contribution in [3.63, 3.8) is 0 Å². The molecule has 0 unspecified atom stereocenters. The van der Waals surface area contributed by atoms with E-state index in [9.17, 15) is 4.39 Å². The van der Waals surface area contributed by atoms with E-state index in [0.717, 1.165) is 19.3 Å². The maximum absolute atomic E-state index is 13.9. The SMILES string of the molecule is NC1(c2c(F)ccc3c2OCCO3)CCC1. The predicted octanol–water partition coefficient (Wildman–Crippen LogP) is 1.93. The third-order valence-electron chi connectivity index (χ3n) is 3.40. The molecule has 3 rings (SSSR count). The average Bonchev–Trinajstić information content (AvgIpc) is 2.26. The molecule has 1 aliphatic carbocycles. The molecule has 1 saturated carbocycles. The smallest absolute Gasteiger partial charge is 0.169 e. The van der Waals surface area contributed by atoms with Crippen LogP contribution in [0.5, 0.6) is 11.5 Å². The molecule has 1 aromatic rings. The van der Waals surface area contributed by atoms with Crippen molar-refractivity contribution < 1.29 is 13.9 Å². The molecule has 0 radical (unpaired) electrons. The van der Waals surface area contributed by atoms with Gasteiger partial charge in [0.2, 0.25) is 0 Å². The molecule has 0 amide bonds. The second-order valence-electron chi connectivity index (χ2n) is 4.46. The highest BCUT2D eigenvalue weighted by Crippen LogP contribution is 2.47. The number of hydrogen-bond acceptors (Lipinski definition) is 3. The van der Waals surface area contributed by atoms with Crippen LogP contribution in [-0.4, -0.2) is 13.2 Å². The summed E-state index contributed by atoms with van der Waals surface area (Å²) in [5.41, 5.74) is 6.11. The Hall–Kier alpha value is -1.29. The van der Waals surface area contributed by atoms with Crippen LogP contribution in [0.4, 0.5) is 4.39 Å². The van der Waals surface area contributed by atoms with E-state index in [1.54, 1.807) is 6.07 Å². The summed E-state index contributed by atoms with van der Waals surface area (Å²) in [6.07, 6.45) is 2.66. The Kier molecular flexibility index (Phi) is 2.07. The van der Waals surface area contributed by atoms with Crippen LogP contribution in [0.1, 0.15) is 24.8 Å². The predicted molar refractivity (Wildman–Crippen MR) is 57.1 cm³/mol. The topological polar surface area (TPSA) is 44.5 Å². The van der Waals surface area contributed by atoms with Gasteiger partial charge in [-0.25, -0.2) is 4.39 Å². The van der Waals surface area contributed by atoms with Gasteiger partial charge in [-0.05, 0) is 31.4 Å². The number of nitrogens with two attached hydrogens (primary N) is 1. The number of hydrogen-bond donors (Lipinski definition) is 1. The van der Waals surface area contributed by atoms with Crippen LogP contribution in [0.25, 0.3) is 0 Å². The van der Waals surface area contributed by atoms with E-state index >= 15 is 0 Å². The van der Waals surface area contributed by atoms with Crippen molar-refractivity contribution in [2.45, 2.75) is 24.8 Å². The number of benzene rings is 1. The van der Waals surface area contributed by atoms with Crippen molar-refractivity contribution in [1.82, 2.24) is 0 Å². The highest BCUT2D eigenvalue weighted by molar-refractivity contribution is 5.52. The summed E-state index contributed by atoms with van der Waals surface area (Å²) in [6, 6.07) is 3.02. The lowest BCUT2D eigenvalue weighted by Crippen LogP contribution is -2.44. The summed E-state index contributed by atoms with van der Waals surface area (Å²) >= 11 is 0. The fraction of sp³-hybridized carbons (Fsp3) is 0.500. The Morgan fingerprint density at radius 1 is 1.19 bits per heavy atom. The Morgan fingerprint density at radius 2 is 1.94 bits per heavy atom. The van der Waals surface area contributed by atoms with Gasteiger partial charge in [-0.15, -0.1) is 0 Å². The van der Waals surface area contributed by atoms with Gasteiger partial charge in [0.1, 0.15) is 19.0 Å². The lowest BCUT2D eigenvalue weighted by atomic mass is 9.72. The summed E-state index contributed by atoms with van der Waals surface area (Å²) in [6.45, 7) is 0.967. The van der Waals surface area contributed by atoms with Gasteiger partial charge in [-0.1, -0.05) is 0 Å². The lowest BCUT2D eigenvalue weighted by molar-refractivity contribution is 0.157. The first kappa shape index (κ1) is 9.90. The van der Waals surface area contributed by atoms with Gasteiger partial charge in [-0.3, -0.25) is 0 Å². The van der Waals surface area contributed by atoms with E-state index in [-0.39, 0.29) is 5.82 Å².